The maximum Gasteiger partial charge on any atom is 0.0693 e. The van der Waals surface area contributed by atoms with Crippen molar-refractivity contribution in [3.8, 4) is 12.1 Å². The molecular formula is C12H16N2. The molecule has 0 amide bonds. The molecule has 0 aromatic rings. The molecule has 0 aromatic heterocycles. The van der Waals surface area contributed by atoms with E-state index in [-0.39, 0.29) is 5.41 Å². The van der Waals surface area contributed by atoms with E-state index in [0.717, 1.165) is 19.3 Å². The Balaban J connectivity index is 2.69. The fraction of sp³-hybridized carbons (Fsp3) is 0.667. The molecular weight excluding hydrogens is 172 g/mol. The van der Waals surface area contributed by atoms with Crippen LogP contribution in [0.2, 0.25) is 0 Å². The third kappa shape index (κ3) is 2.15. The molecule has 0 heterocycles. The average Bonchev–Trinajstić information content (AvgIpc) is 2.20. The lowest BCUT2D eigenvalue weighted by molar-refractivity contribution is 0.268. The first-order chi connectivity index (χ1) is 6.62. The molecule has 14 heavy (non-hydrogen) atoms. The van der Waals surface area contributed by atoms with Gasteiger partial charge in [0, 0.05) is 6.42 Å². The van der Waals surface area contributed by atoms with E-state index in [2.05, 4.69) is 25.1 Å². The van der Waals surface area contributed by atoms with E-state index in [1.165, 1.54) is 5.57 Å². The predicted octanol–water partition coefficient (Wildman–Crippen LogP) is 3.18. The second-order valence-corrected chi connectivity index (χ2v) is 4.36. The van der Waals surface area contributed by atoms with Gasteiger partial charge in [0.15, 0.2) is 0 Å². The van der Waals surface area contributed by atoms with Crippen LogP contribution in [-0.4, -0.2) is 0 Å². The first-order valence-corrected chi connectivity index (χ1v) is 5.08. The molecule has 0 saturated heterocycles. The summed E-state index contributed by atoms with van der Waals surface area (Å²) in [5.41, 5.74) is 1.06. The zero-order valence-electron chi connectivity index (χ0n) is 8.88. The molecule has 2 unspecified atom stereocenters. The van der Waals surface area contributed by atoms with Gasteiger partial charge >= 0.3 is 0 Å². The molecule has 0 radical (unpaired) electrons. The van der Waals surface area contributed by atoms with E-state index in [1.807, 2.05) is 6.92 Å². The van der Waals surface area contributed by atoms with E-state index in [1.54, 1.807) is 0 Å². The summed E-state index contributed by atoms with van der Waals surface area (Å²) in [6.45, 7) is 4.15. The zero-order chi connectivity index (χ0) is 10.6. The van der Waals surface area contributed by atoms with Gasteiger partial charge in [0.2, 0.25) is 0 Å². The van der Waals surface area contributed by atoms with Crippen molar-refractivity contribution in [1.82, 2.24) is 0 Å². The maximum atomic E-state index is 9.12. The molecule has 2 heteroatoms. The minimum absolute atomic E-state index is 0.223. The number of hydrogen-bond donors (Lipinski definition) is 0. The van der Waals surface area contributed by atoms with Crippen LogP contribution in [0.1, 0.15) is 39.5 Å². The minimum atomic E-state index is -0.223. The van der Waals surface area contributed by atoms with Crippen LogP contribution in [0.3, 0.4) is 0 Å². The Morgan fingerprint density at radius 2 is 2.29 bits per heavy atom. The predicted molar refractivity (Wildman–Crippen MR) is 55.0 cm³/mol. The van der Waals surface area contributed by atoms with Gasteiger partial charge < -0.3 is 0 Å². The van der Waals surface area contributed by atoms with Crippen molar-refractivity contribution < 1.29 is 0 Å². The van der Waals surface area contributed by atoms with Crippen LogP contribution in [0.25, 0.3) is 0 Å². The highest BCUT2D eigenvalue weighted by molar-refractivity contribution is 5.17. The van der Waals surface area contributed by atoms with Crippen molar-refractivity contribution in [2.45, 2.75) is 39.5 Å². The van der Waals surface area contributed by atoms with Crippen LogP contribution in [-0.2, 0) is 0 Å². The topological polar surface area (TPSA) is 47.6 Å². The zero-order valence-corrected chi connectivity index (χ0v) is 8.88. The molecule has 1 rings (SSSR count). The molecule has 1 aliphatic rings. The molecule has 2 atom stereocenters. The fourth-order valence-electron chi connectivity index (χ4n) is 1.88. The Labute approximate surface area is 85.8 Å². The van der Waals surface area contributed by atoms with Crippen molar-refractivity contribution in [2.75, 3.05) is 0 Å². The summed E-state index contributed by atoms with van der Waals surface area (Å²) in [6.07, 6.45) is 5.43. The van der Waals surface area contributed by atoms with E-state index >= 15 is 0 Å². The molecule has 0 spiro atoms. The Bertz CT molecular complexity index is 316. The molecule has 74 valence electrons. The lowest BCUT2D eigenvalue weighted by Crippen LogP contribution is -2.27. The third-order valence-electron chi connectivity index (χ3n) is 3.26. The monoisotopic (exact) mass is 188 g/mol. The number of allylic oxidation sites excluding steroid dienone is 2. The Kier molecular flexibility index (Phi) is 3.31. The van der Waals surface area contributed by atoms with Crippen molar-refractivity contribution >= 4 is 0 Å². The first-order valence-electron chi connectivity index (χ1n) is 5.08. The Hall–Kier alpha value is -1.28. The quantitative estimate of drug-likeness (QED) is 0.625. The summed E-state index contributed by atoms with van der Waals surface area (Å²) in [6, 6.07) is 4.56. The summed E-state index contributed by atoms with van der Waals surface area (Å²) in [5.74, 6) is 0.429. The standard InChI is InChI=1S/C12H16N2/c1-10-5-6-11(4-3-7-13)8-12(10,2)9-14/h6,10H,3-5,8H2,1-2H3. The molecule has 0 saturated carbocycles. The highest BCUT2D eigenvalue weighted by atomic mass is 14.4. The summed E-state index contributed by atoms with van der Waals surface area (Å²) >= 11 is 0. The van der Waals surface area contributed by atoms with Crippen molar-refractivity contribution in [2.24, 2.45) is 11.3 Å². The molecule has 2 nitrogen and oxygen atoms in total. The summed E-state index contributed by atoms with van der Waals surface area (Å²) in [5, 5.41) is 17.6. The van der Waals surface area contributed by atoms with E-state index < -0.39 is 0 Å². The fourth-order valence-corrected chi connectivity index (χ4v) is 1.88. The molecule has 0 aromatic carbocycles. The van der Waals surface area contributed by atoms with Crippen LogP contribution in [0.15, 0.2) is 11.6 Å². The highest BCUT2D eigenvalue weighted by Crippen LogP contribution is 2.40. The highest BCUT2D eigenvalue weighted by Gasteiger charge is 2.34. The lowest BCUT2D eigenvalue weighted by atomic mass is 9.69. The van der Waals surface area contributed by atoms with Gasteiger partial charge in [0.25, 0.3) is 0 Å². The molecule has 0 fully saturated rings. The van der Waals surface area contributed by atoms with Crippen LogP contribution < -0.4 is 0 Å². The summed E-state index contributed by atoms with van der Waals surface area (Å²) < 4.78 is 0. The Morgan fingerprint density at radius 1 is 1.57 bits per heavy atom. The number of nitrogens with zero attached hydrogens (tertiary/aromatic N) is 2. The average molecular weight is 188 g/mol. The first kappa shape index (κ1) is 10.8. The Morgan fingerprint density at radius 3 is 2.86 bits per heavy atom. The minimum Gasteiger partial charge on any atom is -0.198 e. The van der Waals surface area contributed by atoms with Gasteiger partial charge in [-0.1, -0.05) is 18.6 Å². The molecule has 0 N–H and O–H groups in total. The molecule has 0 aliphatic heterocycles. The van der Waals surface area contributed by atoms with E-state index in [4.69, 9.17) is 10.5 Å². The van der Waals surface area contributed by atoms with Crippen LogP contribution in [0, 0.1) is 34.0 Å². The largest absolute Gasteiger partial charge is 0.198 e. The van der Waals surface area contributed by atoms with Gasteiger partial charge in [-0.05, 0) is 32.1 Å². The van der Waals surface area contributed by atoms with Gasteiger partial charge in [0.1, 0.15) is 0 Å². The van der Waals surface area contributed by atoms with Crippen molar-refractivity contribution in [3.63, 3.8) is 0 Å². The van der Waals surface area contributed by atoms with Gasteiger partial charge in [-0.15, -0.1) is 0 Å². The van der Waals surface area contributed by atoms with Crippen LogP contribution in [0.4, 0.5) is 0 Å². The van der Waals surface area contributed by atoms with Crippen molar-refractivity contribution in [3.05, 3.63) is 11.6 Å². The van der Waals surface area contributed by atoms with Crippen molar-refractivity contribution in [1.29, 1.82) is 10.5 Å². The third-order valence-corrected chi connectivity index (χ3v) is 3.26. The van der Waals surface area contributed by atoms with E-state index in [0.29, 0.717) is 12.3 Å². The number of nitriles is 2. The summed E-state index contributed by atoms with van der Waals surface area (Å²) in [7, 11) is 0. The second-order valence-electron chi connectivity index (χ2n) is 4.36. The smallest absolute Gasteiger partial charge is 0.0693 e. The molecule has 0 bridgehead atoms. The second kappa shape index (κ2) is 4.29. The van der Waals surface area contributed by atoms with Crippen LogP contribution >= 0.6 is 0 Å². The van der Waals surface area contributed by atoms with Gasteiger partial charge in [-0.3, -0.25) is 0 Å². The number of rotatable bonds is 2. The van der Waals surface area contributed by atoms with E-state index in [9.17, 15) is 0 Å². The maximum absolute atomic E-state index is 9.12. The number of hydrogen-bond acceptors (Lipinski definition) is 2. The van der Waals surface area contributed by atoms with Gasteiger partial charge in [0.05, 0.1) is 17.6 Å². The molecule has 1 aliphatic carbocycles. The summed E-state index contributed by atoms with van der Waals surface area (Å²) in [4.78, 5) is 0. The normalized spacial score (nSPS) is 31.4. The van der Waals surface area contributed by atoms with Crippen LogP contribution in [0.5, 0.6) is 0 Å². The van der Waals surface area contributed by atoms with Gasteiger partial charge in [-0.2, -0.15) is 10.5 Å². The SMILES string of the molecule is CC1CC=C(CCC#N)CC1(C)C#N. The lowest BCUT2D eigenvalue weighted by Gasteiger charge is -2.33. The van der Waals surface area contributed by atoms with Gasteiger partial charge in [-0.25, -0.2) is 0 Å².